The highest BCUT2D eigenvalue weighted by atomic mass is 16.6. The van der Waals surface area contributed by atoms with Gasteiger partial charge in [-0.1, -0.05) is 65.8 Å². The van der Waals surface area contributed by atoms with Gasteiger partial charge in [0.05, 0.1) is 0 Å². The number of carbonyl (C=O) groups excluding carboxylic acids is 1. The van der Waals surface area contributed by atoms with E-state index in [2.05, 4.69) is 10.1 Å². The summed E-state index contributed by atoms with van der Waals surface area (Å²) in [5, 5.41) is 3.88. The van der Waals surface area contributed by atoms with Crippen molar-refractivity contribution in [1.29, 1.82) is 0 Å². The van der Waals surface area contributed by atoms with Gasteiger partial charge in [0.15, 0.2) is 13.2 Å². The van der Waals surface area contributed by atoms with Crippen LogP contribution in [0.3, 0.4) is 0 Å². The average molecular weight is 416 g/mol. The van der Waals surface area contributed by atoms with Gasteiger partial charge in [-0.05, 0) is 29.8 Å². The molecule has 0 bridgehead atoms. The molecule has 4 rings (SSSR count). The summed E-state index contributed by atoms with van der Waals surface area (Å²) in [6, 6.07) is 26.3. The fourth-order valence-electron chi connectivity index (χ4n) is 2.72. The maximum atomic E-state index is 11.9. The van der Waals surface area contributed by atoms with Gasteiger partial charge < -0.3 is 18.7 Å². The minimum Gasteiger partial charge on any atom is -0.489 e. The van der Waals surface area contributed by atoms with E-state index in [-0.39, 0.29) is 19.1 Å². The molecule has 7 heteroatoms. The molecule has 0 atom stereocenters. The second-order valence-electron chi connectivity index (χ2n) is 6.57. The lowest BCUT2D eigenvalue weighted by Gasteiger charge is -2.08. The Bertz CT molecular complexity index is 1100. The third-order valence-corrected chi connectivity index (χ3v) is 4.29. The highest BCUT2D eigenvalue weighted by Gasteiger charge is 2.11. The molecular weight excluding hydrogens is 396 g/mol. The fourth-order valence-corrected chi connectivity index (χ4v) is 2.72. The molecule has 1 heterocycles. The number of esters is 1. The van der Waals surface area contributed by atoms with Crippen LogP contribution in [0.5, 0.6) is 11.5 Å². The van der Waals surface area contributed by atoms with Gasteiger partial charge in [-0.15, -0.1) is 0 Å². The van der Waals surface area contributed by atoms with E-state index in [0.717, 1.165) is 11.1 Å². The number of hydrogen-bond donors (Lipinski definition) is 0. The Labute approximate surface area is 179 Å². The van der Waals surface area contributed by atoms with E-state index < -0.39 is 5.97 Å². The third-order valence-electron chi connectivity index (χ3n) is 4.29. The fraction of sp³-hybridized carbons (Fsp3) is 0.125. The van der Waals surface area contributed by atoms with Gasteiger partial charge in [0, 0.05) is 5.56 Å². The van der Waals surface area contributed by atoms with Crippen molar-refractivity contribution in [2.75, 3.05) is 6.61 Å². The van der Waals surface area contributed by atoms with Gasteiger partial charge in [-0.25, -0.2) is 4.79 Å². The van der Waals surface area contributed by atoms with Crippen molar-refractivity contribution >= 4 is 5.97 Å². The largest absolute Gasteiger partial charge is 0.489 e. The van der Waals surface area contributed by atoms with E-state index in [0.29, 0.717) is 23.9 Å². The predicted octanol–water partition coefficient (Wildman–Crippen LogP) is 4.44. The summed E-state index contributed by atoms with van der Waals surface area (Å²) in [4.78, 5) is 16.1. The molecule has 0 fully saturated rings. The molecule has 31 heavy (non-hydrogen) atoms. The van der Waals surface area contributed by atoms with Crippen molar-refractivity contribution in [3.8, 4) is 22.9 Å². The molecule has 0 aliphatic rings. The number of rotatable bonds is 9. The van der Waals surface area contributed by atoms with Gasteiger partial charge in [0.2, 0.25) is 5.82 Å². The van der Waals surface area contributed by atoms with Crippen LogP contribution < -0.4 is 9.47 Å². The lowest BCUT2D eigenvalue weighted by molar-refractivity contribution is -0.148. The minimum atomic E-state index is -0.538. The highest BCUT2D eigenvalue weighted by molar-refractivity contribution is 5.71. The summed E-state index contributed by atoms with van der Waals surface area (Å²) in [5.74, 6) is 1.37. The number of aromatic nitrogens is 2. The summed E-state index contributed by atoms with van der Waals surface area (Å²) >= 11 is 0. The zero-order valence-corrected chi connectivity index (χ0v) is 16.6. The molecule has 0 spiro atoms. The van der Waals surface area contributed by atoms with Crippen LogP contribution in [0.25, 0.3) is 11.4 Å². The molecule has 0 aliphatic heterocycles. The van der Waals surface area contributed by atoms with Gasteiger partial charge >= 0.3 is 5.97 Å². The molecule has 0 radical (unpaired) electrons. The zero-order chi connectivity index (χ0) is 21.3. The smallest absolute Gasteiger partial charge is 0.344 e. The van der Waals surface area contributed by atoms with Crippen molar-refractivity contribution in [3.63, 3.8) is 0 Å². The van der Waals surface area contributed by atoms with Crippen molar-refractivity contribution in [2.45, 2.75) is 13.2 Å². The second kappa shape index (κ2) is 10.1. The van der Waals surface area contributed by atoms with Gasteiger partial charge in [-0.3, -0.25) is 0 Å². The summed E-state index contributed by atoms with van der Waals surface area (Å²) in [5.41, 5.74) is 1.91. The lowest BCUT2D eigenvalue weighted by atomic mass is 10.2. The molecule has 3 aromatic carbocycles. The lowest BCUT2D eigenvalue weighted by Crippen LogP contribution is -2.14. The van der Waals surface area contributed by atoms with Crippen LogP contribution >= 0.6 is 0 Å². The number of nitrogens with zero attached hydrogens (tertiary/aromatic N) is 2. The van der Waals surface area contributed by atoms with E-state index in [9.17, 15) is 4.79 Å². The van der Waals surface area contributed by atoms with Crippen LogP contribution in [0.15, 0.2) is 89.5 Å². The summed E-state index contributed by atoms with van der Waals surface area (Å²) in [6.07, 6.45) is 0. The maximum Gasteiger partial charge on any atom is 0.344 e. The van der Waals surface area contributed by atoms with E-state index in [1.54, 1.807) is 24.3 Å². The number of benzene rings is 3. The molecule has 0 unspecified atom stereocenters. The Morgan fingerprint density at radius 1 is 0.774 bits per heavy atom. The van der Waals surface area contributed by atoms with Crippen molar-refractivity contribution < 1.29 is 23.5 Å². The standard InChI is InChI=1S/C24H20N2O5/c27-23(30-16-22-25-24(26-31-22)19-9-5-2-6-10-19)17-29-21-13-11-20(12-14-21)28-15-18-7-3-1-4-8-18/h1-14H,15-17H2. The highest BCUT2D eigenvalue weighted by Crippen LogP contribution is 2.19. The van der Waals surface area contributed by atoms with E-state index in [1.165, 1.54) is 0 Å². The predicted molar refractivity (Wildman–Crippen MR) is 112 cm³/mol. The summed E-state index contributed by atoms with van der Waals surface area (Å²) in [7, 11) is 0. The van der Waals surface area contributed by atoms with E-state index in [4.69, 9.17) is 18.7 Å². The number of ether oxygens (including phenoxy) is 3. The summed E-state index contributed by atoms with van der Waals surface area (Å²) in [6.45, 7) is 0.132. The van der Waals surface area contributed by atoms with Gasteiger partial charge in [-0.2, -0.15) is 4.98 Å². The molecule has 0 saturated heterocycles. The Hall–Kier alpha value is -4.13. The van der Waals surface area contributed by atoms with Gasteiger partial charge in [0.1, 0.15) is 18.1 Å². The minimum absolute atomic E-state index is 0.117. The first-order chi connectivity index (χ1) is 15.3. The molecule has 0 aliphatic carbocycles. The first-order valence-corrected chi connectivity index (χ1v) is 9.69. The molecule has 0 amide bonds. The average Bonchev–Trinajstić information content (AvgIpc) is 3.31. The Kier molecular flexibility index (Phi) is 6.54. The van der Waals surface area contributed by atoms with Crippen LogP contribution in [0, 0.1) is 0 Å². The van der Waals surface area contributed by atoms with Gasteiger partial charge in [0.25, 0.3) is 5.89 Å². The Balaban J connectivity index is 1.20. The summed E-state index contributed by atoms with van der Waals surface area (Å²) < 4.78 is 21.4. The molecule has 156 valence electrons. The first-order valence-electron chi connectivity index (χ1n) is 9.69. The van der Waals surface area contributed by atoms with E-state index in [1.807, 2.05) is 60.7 Å². The number of hydrogen-bond acceptors (Lipinski definition) is 7. The second-order valence-corrected chi connectivity index (χ2v) is 6.57. The monoisotopic (exact) mass is 416 g/mol. The Morgan fingerprint density at radius 2 is 1.42 bits per heavy atom. The third kappa shape index (κ3) is 5.93. The molecule has 1 aromatic heterocycles. The van der Waals surface area contributed by atoms with Crippen LogP contribution in [0.4, 0.5) is 0 Å². The Morgan fingerprint density at radius 3 is 2.13 bits per heavy atom. The molecule has 7 nitrogen and oxygen atoms in total. The van der Waals surface area contributed by atoms with Crippen molar-refractivity contribution in [2.24, 2.45) is 0 Å². The zero-order valence-electron chi connectivity index (χ0n) is 16.6. The topological polar surface area (TPSA) is 83.7 Å². The molecule has 0 N–H and O–H groups in total. The van der Waals surface area contributed by atoms with Crippen LogP contribution in [-0.4, -0.2) is 22.7 Å². The first kappa shape index (κ1) is 20.2. The normalized spacial score (nSPS) is 10.5. The molecule has 0 saturated carbocycles. The SMILES string of the molecule is O=C(COc1ccc(OCc2ccccc2)cc1)OCc1nc(-c2ccccc2)no1. The molecule has 4 aromatic rings. The van der Waals surface area contributed by atoms with Crippen molar-refractivity contribution in [1.82, 2.24) is 10.1 Å². The van der Waals surface area contributed by atoms with Crippen LogP contribution in [0.1, 0.15) is 11.5 Å². The quantitative estimate of drug-likeness (QED) is 0.373. The van der Waals surface area contributed by atoms with Crippen molar-refractivity contribution in [3.05, 3.63) is 96.4 Å². The van der Waals surface area contributed by atoms with Crippen LogP contribution in [0.2, 0.25) is 0 Å². The number of carbonyl (C=O) groups is 1. The molecular formula is C24H20N2O5. The maximum absolute atomic E-state index is 11.9. The van der Waals surface area contributed by atoms with Crippen LogP contribution in [-0.2, 0) is 22.7 Å². The van der Waals surface area contributed by atoms with E-state index >= 15 is 0 Å².